The number of primary amides is 1. The van der Waals surface area contributed by atoms with E-state index in [2.05, 4.69) is 4.98 Å². The fourth-order valence-corrected chi connectivity index (χ4v) is 2.16. The van der Waals surface area contributed by atoms with E-state index in [4.69, 9.17) is 10.5 Å². The highest BCUT2D eigenvalue weighted by atomic mass is 16.5. The number of carbonyl (C=O) groups excluding carboxylic acids is 1. The van der Waals surface area contributed by atoms with E-state index in [-0.39, 0.29) is 18.8 Å². The van der Waals surface area contributed by atoms with Gasteiger partial charge >= 0.3 is 0 Å². The third kappa shape index (κ3) is 2.60. The predicted octanol–water partition coefficient (Wildman–Crippen LogP) is -0.234. The Hall–Kier alpha value is -1.66. The number of rotatable bonds is 3. The minimum atomic E-state index is -0.502. The normalized spacial score (nSPS) is 24.0. The summed E-state index contributed by atoms with van der Waals surface area (Å²) in [6.07, 6.45) is 1.32. The van der Waals surface area contributed by atoms with Gasteiger partial charge in [-0.05, 0) is 19.1 Å². The monoisotopic (exact) mass is 251 g/mol. The molecule has 18 heavy (non-hydrogen) atoms. The molecular weight excluding hydrogens is 234 g/mol. The predicted molar refractivity (Wildman–Crippen MR) is 66.4 cm³/mol. The summed E-state index contributed by atoms with van der Waals surface area (Å²) in [5.41, 5.74) is 5.73. The summed E-state index contributed by atoms with van der Waals surface area (Å²) in [6.45, 7) is 2.98. The first-order valence-electron chi connectivity index (χ1n) is 5.88. The van der Waals surface area contributed by atoms with Gasteiger partial charge in [-0.3, -0.25) is 4.79 Å². The molecule has 1 saturated heterocycles. The summed E-state index contributed by atoms with van der Waals surface area (Å²) in [6, 6.07) is 3.33. The van der Waals surface area contributed by atoms with Crippen LogP contribution in [0, 0.1) is 0 Å². The standard InChI is InChI=1S/C12H17N3O3/c1-8-5-15(6-9(7-16)18-8)12-10(11(13)17)3-2-4-14-12/h2-4,8-9,16H,5-7H2,1H3,(H2,13,17). The number of aliphatic hydroxyl groups excluding tert-OH is 1. The summed E-state index contributed by atoms with van der Waals surface area (Å²) < 4.78 is 5.55. The minimum Gasteiger partial charge on any atom is -0.394 e. The van der Waals surface area contributed by atoms with E-state index in [0.29, 0.717) is 24.5 Å². The molecule has 98 valence electrons. The van der Waals surface area contributed by atoms with Crippen molar-refractivity contribution in [3.05, 3.63) is 23.9 Å². The molecule has 2 unspecified atom stereocenters. The molecule has 3 N–H and O–H groups in total. The average molecular weight is 251 g/mol. The number of aliphatic hydroxyl groups is 1. The number of nitrogens with zero attached hydrogens (tertiary/aromatic N) is 2. The molecule has 1 fully saturated rings. The SMILES string of the molecule is CC1CN(c2ncccc2C(N)=O)CC(CO)O1. The number of morpholine rings is 1. The Morgan fingerprint density at radius 3 is 3.11 bits per heavy atom. The van der Waals surface area contributed by atoms with Crippen LogP contribution in [0.2, 0.25) is 0 Å². The highest BCUT2D eigenvalue weighted by Gasteiger charge is 2.27. The van der Waals surface area contributed by atoms with Gasteiger partial charge in [-0.1, -0.05) is 0 Å². The van der Waals surface area contributed by atoms with Gasteiger partial charge in [0, 0.05) is 19.3 Å². The lowest BCUT2D eigenvalue weighted by Gasteiger charge is -2.37. The Morgan fingerprint density at radius 2 is 2.44 bits per heavy atom. The van der Waals surface area contributed by atoms with Crippen molar-refractivity contribution < 1.29 is 14.6 Å². The molecule has 0 aliphatic carbocycles. The molecule has 1 aliphatic rings. The summed E-state index contributed by atoms with van der Waals surface area (Å²) in [5, 5.41) is 9.19. The summed E-state index contributed by atoms with van der Waals surface area (Å²) in [5.74, 6) is 0.0522. The highest BCUT2D eigenvalue weighted by molar-refractivity contribution is 5.97. The summed E-state index contributed by atoms with van der Waals surface area (Å²) in [4.78, 5) is 17.5. The fourth-order valence-electron chi connectivity index (χ4n) is 2.16. The van der Waals surface area contributed by atoms with Crippen molar-refractivity contribution in [3.8, 4) is 0 Å². The van der Waals surface area contributed by atoms with Crippen LogP contribution < -0.4 is 10.6 Å². The highest BCUT2D eigenvalue weighted by Crippen LogP contribution is 2.21. The number of pyridine rings is 1. The van der Waals surface area contributed by atoms with Gasteiger partial charge in [-0.2, -0.15) is 0 Å². The first kappa shape index (κ1) is 12.8. The Balaban J connectivity index is 2.27. The topological polar surface area (TPSA) is 88.7 Å². The van der Waals surface area contributed by atoms with E-state index >= 15 is 0 Å². The average Bonchev–Trinajstić information content (AvgIpc) is 2.38. The van der Waals surface area contributed by atoms with Crippen LogP contribution in [0.5, 0.6) is 0 Å². The number of anilines is 1. The number of hydrogen-bond acceptors (Lipinski definition) is 5. The van der Waals surface area contributed by atoms with Gasteiger partial charge in [-0.15, -0.1) is 0 Å². The molecule has 0 aromatic carbocycles. The van der Waals surface area contributed by atoms with Gasteiger partial charge in [0.1, 0.15) is 5.82 Å². The molecule has 1 aromatic heterocycles. The Labute approximate surface area is 105 Å². The van der Waals surface area contributed by atoms with Gasteiger partial charge in [0.05, 0.1) is 24.4 Å². The van der Waals surface area contributed by atoms with Crippen molar-refractivity contribution in [3.63, 3.8) is 0 Å². The number of aromatic nitrogens is 1. The van der Waals surface area contributed by atoms with Gasteiger partial charge in [0.25, 0.3) is 5.91 Å². The molecule has 2 rings (SSSR count). The Kier molecular flexibility index (Phi) is 3.78. The van der Waals surface area contributed by atoms with E-state index in [1.165, 1.54) is 0 Å². The second kappa shape index (κ2) is 5.32. The van der Waals surface area contributed by atoms with Crippen LogP contribution in [0.15, 0.2) is 18.3 Å². The second-order valence-electron chi connectivity index (χ2n) is 4.40. The lowest BCUT2D eigenvalue weighted by atomic mass is 10.1. The first-order chi connectivity index (χ1) is 8.61. The molecular formula is C12H17N3O3. The fraction of sp³-hybridized carbons (Fsp3) is 0.500. The van der Waals surface area contributed by atoms with Crippen molar-refractivity contribution in [2.75, 3.05) is 24.6 Å². The van der Waals surface area contributed by atoms with E-state index in [1.807, 2.05) is 11.8 Å². The third-order valence-corrected chi connectivity index (χ3v) is 2.88. The second-order valence-corrected chi connectivity index (χ2v) is 4.40. The maximum atomic E-state index is 11.4. The molecule has 0 radical (unpaired) electrons. The van der Waals surface area contributed by atoms with Crippen LogP contribution in [-0.4, -0.2) is 47.9 Å². The zero-order valence-electron chi connectivity index (χ0n) is 10.2. The van der Waals surface area contributed by atoms with Crippen LogP contribution in [0.25, 0.3) is 0 Å². The zero-order chi connectivity index (χ0) is 13.1. The number of amides is 1. The molecule has 6 nitrogen and oxygen atoms in total. The van der Waals surface area contributed by atoms with Crippen LogP contribution in [-0.2, 0) is 4.74 Å². The van der Waals surface area contributed by atoms with Crippen LogP contribution >= 0.6 is 0 Å². The smallest absolute Gasteiger partial charge is 0.252 e. The Bertz CT molecular complexity index is 438. The maximum Gasteiger partial charge on any atom is 0.252 e. The van der Waals surface area contributed by atoms with Gasteiger partial charge < -0.3 is 20.5 Å². The first-order valence-corrected chi connectivity index (χ1v) is 5.88. The Morgan fingerprint density at radius 1 is 1.67 bits per heavy atom. The summed E-state index contributed by atoms with van der Waals surface area (Å²) in [7, 11) is 0. The lowest BCUT2D eigenvalue weighted by molar-refractivity contribution is -0.0423. The number of nitrogens with two attached hydrogens (primary N) is 1. The summed E-state index contributed by atoms with van der Waals surface area (Å²) >= 11 is 0. The van der Waals surface area contributed by atoms with E-state index in [1.54, 1.807) is 18.3 Å². The lowest BCUT2D eigenvalue weighted by Crippen LogP contribution is -2.48. The van der Waals surface area contributed by atoms with Crippen LogP contribution in [0.4, 0.5) is 5.82 Å². The largest absolute Gasteiger partial charge is 0.394 e. The quantitative estimate of drug-likeness (QED) is 0.774. The molecule has 0 spiro atoms. The number of ether oxygens (including phenoxy) is 1. The van der Waals surface area contributed by atoms with Crippen LogP contribution in [0.3, 0.4) is 0 Å². The molecule has 2 atom stereocenters. The molecule has 6 heteroatoms. The molecule has 1 aliphatic heterocycles. The van der Waals surface area contributed by atoms with E-state index in [9.17, 15) is 9.90 Å². The molecule has 0 saturated carbocycles. The van der Waals surface area contributed by atoms with E-state index in [0.717, 1.165) is 0 Å². The van der Waals surface area contributed by atoms with Crippen molar-refractivity contribution in [1.29, 1.82) is 0 Å². The molecule has 2 heterocycles. The zero-order valence-corrected chi connectivity index (χ0v) is 10.2. The van der Waals surface area contributed by atoms with Gasteiger partial charge in [-0.25, -0.2) is 4.98 Å². The number of carbonyl (C=O) groups is 1. The molecule has 1 amide bonds. The van der Waals surface area contributed by atoms with E-state index < -0.39 is 5.91 Å². The van der Waals surface area contributed by atoms with Gasteiger partial charge in [0.2, 0.25) is 0 Å². The molecule has 1 aromatic rings. The van der Waals surface area contributed by atoms with Crippen molar-refractivity contribution in [2.24, 2.45) is 5.73 Å². The van der Waals surface area contributed by atoms with Crippen LogP contribution in [0.1, 0.15) is 17.3 Å². The van der Waals surface area contributed by atoms with Crippen molar-refractivity contribution in [2.45, 2.75) is 19.1 Å². The van der Waals surface area contributed by atoms with Gasteiger partial charge in [0.15, 0.2) is 0 Å². The van der Waals surface area contributed by atoms with Crippen molar-refractivity contribution >= 4 is 11.7 Å². The maximum absolute atomic E-state index is 11.4. The van der Waals surface area contributed by atoms with Crippen molar-refractivity contribution in [1.82, 2.24) is 4.98 Å². The third-order valence-electron chi connectivity index (χ3n) is 2.88. The molecule has 0 bridgehead atoms. The minimum absolute atomic E-state index is 0.0290. The number of hydrogen-bond donors (Lipinski definition) is 2.